The normalized spacial score (nSPS) is 19.3. The lowest BCUT2D eigenvalue weighted by atomic mass is 9.84. The van der Waals surface area contributed by atoms with Crippen LogP contribution in [0.4, 0.5) is 0 Å². The van der Waals surface area contributed by atoms with Crippen LogP contribution in [0.15, 0.2) is 4.99 Å². The molecule has 1 heterocycles. The lowest BCUT2D eigenvalue weighted by molar-refractivity contribution is -0.129. The SMILES string of the molecule is CC(C)(C)NC(CCCCNC(=O)C1CCC=N1)C(=O)C(C)(C)C. The van der Waals surface area contributed by atoms with E-state index in [0.717, 1.165) is 32.1 Å². The van der Waals surface area contributed by atoms with Gasteiger partial charge in [-0.3, -0.25) is 14.6 Å². The van der Waals surface area contributed by atoms with Crippen LogP contribution in [0.2, 0.25) is 0 Å². The first-order chi connectivity index (χ1) is 11.0. The maximum absolute atomic E-state index is 12.6. The second-order valence-electron chi connectivity index (χ2n) is 8.77. The minimum Gasteiger partial charge on any atom is -0.354 e. The first kappa shape index (κ1) is 20.8. The Balaban J connectivity index is 2.37. The van der Waals surface area contributed by atoms with E-state index in [0.29, 0.717) is 6.54 Å². The van der Waals surface area contributed by atoms with Gasteiger partial charge in [0.15, 0.2) is 5.78 Å². The smallest absolute Gasteiger partial charge is 0.244 e. The van der Waals surface area contributed by atoms with E-state index in [9.17, 15) is 9.59 Å². The van der Waals surface area contributed by atoms with Gasteiger partial charge in [0.2, 0.25) is 5.91 Å². The van der Waals surface area contributed by atoms with Gasteiger partial charge >= 0.3 is 0 Å². The highest BCUT2D eigenvalue weighted by Crippen LogP contribution is 2.21. The molecule has 0 aliphatic carbocycles. The molecule has 0 radical (unpaired) electrons. The van der Waals surface area contributed by atoms with Crippen LogP contribution >= 0.6 is 0 Å². The van der Waals surface area contributed by atoms with Gasteiger partial charge in [-0.2, -0.15) is 0 Å². The summed E-state index contributed by atoms with van der Waals surface area (Å²) in [6.07, 6.45) is 6.12. The number of nitrogens with one attached hydrogen (secondary N) is 2. The van der Waals surface area contributed by atoms with Crippen molar-refractivity contribution in [2.24, 2.45) is 10.4 Å². The molecule has 0 saturated heterocycles. The molecule has 1 amide bonds. The van der Waals surface area contributed by atoms with Gasteiger partial charge in [0.25, 0.3) is 0 Å². The summed E-state index contributed by atoms with van der Waals surface area (Å²) < 4.78 is 0. The molecular weight excluding hydrogens is 302 g/mol. The summed E-state index contributed by atoms with van der Waals surface area (Å²) in [6.45, 7) is 12.8. The van der Waals surface area contributed by atoms with Crippen molar-refractivity contribution in [1.82, 2.24) is 10.6 Å². The third-order valence-corrected chi connectivity index (χ3v) is 4.04. The molecule has 1 rings (SSSR count). The van der Waals surface area contributed by atoms with Gasteiger partial charge in [-0.15, -0.1) is 0 Å². The van der Waals surface area contributed by atoms with Gasteiger partial charge in [-0.1, -0.05) is 20.8 Å². The summed E-state index contributed by atoms with van der Waals surface area (Å²) in [7, 11) is 0. The summed E-state index contributed by atoms with van der Waals surface area (Å²) in [4.78, 5) is 28.7. The highest BCUT2D eigenvalue weighted by molar-refractivity contribution is 5.88. The van der Waals surface area contributed by atoms with Crippen LogP contribution in [-0.4, -0.2) is 42.1 Å². The van der Waals surface area contributed by atoms with Crippen LogP contribution < -0.4 is 10.6 Å². The molecule has 0 fully saturated rings. The molecule has 0 aromatic carbocycles. The van der Waals surface area contributed by atoms with Crippen LogP contribution in [0.1, 0.15) is 73.6 Å². The van der Waals surface area contributed by atoms with Crippen LogP contribution in [0, 0.1) is 5.41 Å². The summed E-state index contributed by atoms with van der Waals surface area (Å²) in [5, 5.41) is 6.40. The maximum atomic E-state index is 12.6. The number of nitrogens with zero attached hydrogens (tertiary/aromatic N) is 1. The van der Waals surface area contributed by atoms with Crippen LogP contribution in [0.3, 0.4) is 0 Å². The number of ketones is 1. The molecule has 2 N–H and O–H groups in total. The van der Waals surface area contributed by atoms with Crippen molar-refractivity contribution in [3.8, 4) is 0 Å². The van der Waals surface area contributed by atoms with Crippen molar-refractivity contribution in [1.29, 1.82) is 0 Å². The van der Waals surface area contributed by atoms with Crippen LogP contribution in [0.5, 0.6) is 0 Å². The minimum atomic E-state index is -0.350. The van der Waals surface area contributed by atoms with E-state index in [4.69, 9.17) is 0 Å². The summed E-state index contributed by atoms with van der Waals surface area (Å²) >= 11 is 0. The van der Waals surface area contributed by atoms with Crippen LogP contribution in [0.25, 0.3) is 0 Å². The quantitative estimate of drug-likeness (QED) is 0.669. The van der Waals surface area contributed by atoms with E-state index in [2.05, 4.69) is 36.4 Å². The van der Waals surface area contributed by atoms with Crippen molar-refractivity contribution >= 4 is 17.9 Å². The summed E-state index contributed by atoms with van der Waals surface area (Å²) in [6, 6.07) is -0.331. The molecule has 5 nitrogen and oxygen atoms in total. The first-order valence-electron chi connectivity index (χ1n) is 9.12. The van der Waals surface area contributed by atoms with Gasteiger partial charge in [-0.25, -0.2) is 0 Å². The van der Waals surface area contributed by atoms with E-state index in [1.165, 1.54) is 0 Å². The molecule has 0 aromatic heterocycles. The van der Waals surface area contributed by atoms with Gasteiger partial charge in [0.1, 0.15) is 6.04 Å². The average molecular weight is 338 g/mol. The molecule has 138 valence electrons. The predicted octanol–water partition coefficient (Wildman–Crippen LogP) is 2.88. The third-order valence-electron chi connectivity index (χ3n) is 4.04. The zero-order valence-corrected chi connectivity index (χ0v) is 16.2. The second kappa shape index (κ2) is 8.75. The molecular formula is C19H35N3O2. The highest BCUT2D eigenvalue weighted by atomic mass is 16.2. The van der Waals surface area contributed by atoms with Crippen molar-refractivity contribution in [3.05, 3.63) is 0 Å². The number of amides is 1. The van der Waals surface area contributed by atoms with Crippen molar-refractivity contribution < 1.29 is 9.59 Å². The molecule has 0 saturated carbocycles. The Morgan fingerprint density at radius 3 is 2.33 bits per heavy atom. The minimum absolute atomic E-state index is 0.0267. The highest BCUT2D eigenvalue weighted by Gasteiger charge is 2.31. The zero-order valence-electron chi connectivity index (χ0n) is 16.2. The summed E-state index contributed by atoms with van der Waals surface area (Å²) in [5.41, 5.74) is -0.447. The Labute approximate surface area is 147 Å². The van der Waals surface area contributed by atoms with E-state index in [1.54, 1.807) is 0 Å². The van der Waals surface area contributed by atoms with Crippen molar-refractivity contribution in [2.45, 2.75) is 91.3 Å². The standard InChI is InChI=1S/C19H35N3O2/c1-18(2,3)16(23)14(22-19(4,5)6)10-7-8-12-21-17(24)15-11-9-13-20-15/h13-15,22H,7-12H2,1-6H3,(H,21,24). The lowest BCUT2D eigenvalue weighted by Crippen LogP contribution is -2.50. The number of rotatable bonds is 8. The molecule has 24 heavy (non-hydrogen) atoms. The summed E-state index contributed by atoms with van der Waals surface area (Å²) in [5.74, 6) is 0.278. The Morgan fingerprint density at radius 1 is 1.17 bits per heavy atom. The number of Topliss-reactive ketones (excluding diaryl/α,β-unsaturated/α-hetero) is 1. The van der Waals surface area contributed by atoms with E-state index in [-0.39, 0.29) is 34.7 Å². The van der Waals surface area contributed by atoms with E-state index >= 15 is 0 Å². The Kier molecular flexibility index (Phi) is 7.58. The van der Waals surface area contributed by atoms with Crippen molar-refractivity contribution in [2.75, 3.05) is 6.54 Å². The van der Waals surface area contributed by atoms with Gasteiger partial charge in [0.05, 0.1) is 6.04 Å². The maximum Gasteiger partial charge on any atom is 0.244 e. The average Bonchev–Trinajstić information content (AvgIpc) is 2.96. The van der Waals surface area contributed by atoms with Gasteiger partial charge in [0, 0.05) is 17.5 Å². The van der Waals surface area contributed by atoms with E-state index < -0.39 is 0 Å². The second-order valence-corrected chi connectivity index (χ2v) is 8.77. The molecule has 0 aromatic rings. The Morgan fingerprint density at radius 2 is 1.83 bits per heavy atom. The molecule has 2 unspecified atom stereocenters. The third kappa shape index (κ3) is 7.56. The Bertz CT molecular complexity index is 458. The van der Waals surface area contributed by atoms with Gasteiger partial charge < -0.3 is 10.6 Å². The first-order valence-corrected chi connectivity index (χ1v) is 9.12. The fourth-order valence-corrected chi connectivity index (χ4v) is 2.82. The van der Waals surface area contributed by atoms with Gasteiger partial charge in [-0.05, 0) is 59.1 Å². The molecule has 5 heteroatoms. The molecule has 1 aliphatic rings. The Hall–Kier alpha value is -1.23. The lowest BCUT2D eigenvalue weighted by Gasteiger charge is -2.31. The van der Waals surface area contributed by atoms with Crippen molar-refractivity contribution in [3.63, 3.8) is 0 Å². The number of carbonyl (C=O) groups is 2. The molecule has 0 spiro atoms. The monoisotopic (exact) mass is 337 g/mol. The van der Waals surface area contributed by atoms with E-state index in [1.807, 2.05) is 27.0 Å². The number of hydrogen-bond acceptors (Lipinski definition) is 4. The molecule has 2 atom stereocenters. The number of hydrogen-bond donors (Lipinski definition) is 2. The number of aliphatic imine (C=N–C) groups is 1. The molecule has 1 aliphatic heterocycles. The number of carbonyl (C=O) groups excluding carboxylic acids is 2. The fourth-order valence-electron chi connectivity index (χ4n) is 2.82. The fraction of sp³-hybridized carbons (Fsp3) is 0.842. The molecule has 0 bridgehead atoms. The predicted molar refractivity (Wildman–Crippen MR) is 99.5 cm³/mol. The largest absolute Gasteiger partial charge is 0.354 e. The zero-order chi connectivity index (χ0) is 18.4. The number of unbranched alkanes of at least 4 members (excludes halogenated alkanes) is 1. The topological polar surface area (TPSA) is 70.6 Å². The van der Waals surface area contributed by atoms with Crippen LogP contribution in [-0.2, 0) is 9.59 Å².